The molecule has 0 aromatic heterocycles. The molecule has 0 amide bonds. The topological polar surface area (TPSA) is 46.2 Å². The van der Waals surface area contributed by atoms with Crippen LogP contribution in [0.3, 0.4) is 0 Å². The third kappa shape index (κ3) is 3.67. The zero-order valence-corrected chi connectivity index (χ0v) is 12.4. The molecule has 0 radical (unpaired) electrons. The zero-order valence-electron chi connectivity index (χ0n) is 11.6. The van der Waals surface area contributed by atoms with E-state index >= 15 is 0 Å². The number of halogens is 8. The van der Waals surface area contributed by atoms with Crippen molar-refractivity contribution in [1.29, 1.82) is 0 Å². The van der Waals surface area contributed by atoms with E-state index in [1.807, 2.05) is 0 Å². The van der Waals surface area contributed by atoms with Crippen molar-refractivity contribution in [3.8, 4) is 0 Å². The van der Waals surface area contributed by atoms with E-state index in [-0.39, 0.29) is 18.2 Å². The van der Waals surface area contributed by atoms with E-state index in [9.17, 15) is 43.5 Å². The molecule has 0 bridgehead atoms. The number of hydrogen-bond acceptors (Lipinski definition) is 2. The Bertz CT molecular complexity index is 940. The van der Waals surface area contributed by atoms with Crippen molar-refractivity contribution in [3.05, 3.63) is 58.9 Å². The van der Waals surface area contributed by atoms with Gasteiger partial charge in [0.2, 0.25) is 0 Å². The van der Waals surface area contributed by atoms with Crippen LogP contribution in [-0.4, -0.2) is 8.42 Å². The maximum absolute atomic E-state index is 13.6. The molecule has 25 heavy (non-hydrogen) atoms. The monoisotopic (exact) mass is 391 g/mol. The van der Waals surface area contributed by atoms with Gasteiger partial charge in [0.15, 0.2) is 17.5 Å². The van der Waals surface area contributed by atoms with E-state index < -0.39 is 61.4 Å². The molecule has 0 fully saturated rings. The Morgan fingerprint density at radius 2 is 1.40 bits per heavy atom. The normalized spacial score (nSPS) is 12.3. The van der Waals surface area contributed by atoms with Gasteiger partial charge in [0, 0.05) is 6.07 Å². The smallest absolute Gasteiger partial charge is 0.276 e. The van der Waals surface area contributed by atoms with Gasteiger partial charge >= 0.3 is 6.18 Å². The highest BCUT2D eigenvalue weighted by Crippen LogP contribution is 2.34. The molecule has 2 aromatic rings. The SMILES string of the molecule is O=S(=O)(Nc1cc(F)c(C(F)(F)F)cc1F)c1ccc(F)c(F)c1F. The molecule has 0 saturated heterocycles. The fraction of sp³-hybridized carbons (Fsp3) is 0.0769. The van der Waals surface area contributed by atoms with Gasteiger partial charge in [0.25, 0.3) is 10.0 Å². The summed E-state index contributed by atoms with van der Waals surface area (Å²) >= 11 is 0. The van der Waals surface area contributed by atoms with Gasteiger partial charge in [-0.1, -0.05) is 0 Å². The van der Waals surface area contributed by atoms with Crippen molar-refractivity contribution < 1.29 is 43.5 Å². The van der Waals surface area contributed by atoms with E-state index in [2.05, 4.69) is 0 Å². The van der Waals surface area contributed by atoms with Gasteiger partial charge in [0.05, 0.1) is 11.3 Å². The summed E-state index contributed by atoms with van der Waals surface area (Å²) in [5.41, 5.74) is -3.28. The van der Waals surface area contributed by atoms with Crippen LogP contribution in [0.2, 0.25) is 0 Å². The molecule has 1 N–H and O–H groups in total. The summed E-state index contributed by atoms with van der Waals surface area (Å²) in [7, 11) is -5.09. The number of anilines is 1. The van der Waals surface area contributed by atoms with Crippen molar-refractivity contribution in [2.45, 2.75) is 11.1 Å². The van der Waals surface area contributed by atoms with E-state index in [4.69, 9.17) is 0 Å². The van der Waals surface area contributed by atoms with E-state index in [0.29, 0.717) is 6.07 Å². The molecule has 3 nitrogen and oxygen atoms in total. The van der Waals surface area contributed by atoms with Gasteiger partial charge in [-0.05, 0) is 18.2 Å². The lowest BCUT2D eigenvalue weighted by Crippen LogP contribution is -2.18. The number of benzene rings is 2. The lowest BCUT2D eigenvalue weighted by Gasteiger charge is -2.13. The molecule has 0 saturated carbocycles. The highest BCUT2D eigenvalue weighted by molar-refractivity contribution is 7.92. The maximum atomic E-state index is 13.6. The Kier molecular flexibility index (Phi) is 4.68. The summed E-state index contributed by atoms with van der Waals surface area (Å²) < 4.78 is 129. The highest BCUT2D eigenvalue weighted by Gasteiger charge is 2.35. The van der Waals surface area contributed by atoms with Crippen LogP contribution in [0.15, 0.2) is 29.2 Å². The number of hydrogen-bond donors (Lipinski definition) is 1. The van der Waals surface area contributed by atoms with Crippen LogP contribution in [0.1, 0.15) is 5.56 Å². The van der Waals surface area contributed by atoms with Crippen molar-refractivity contribution in [1.82, 2.24) is 0 Å². The second-order valence-electron chi connectivity index (χ2n) is 4.59. The fourth-order valence-corrected chi connectivity index (χ4v) is 2.89. The average Bonchev–Trinajstić information content (AvgIpc) is 2.46. The van der Waals surface area contributed by atoms with Gasteiger partial charge < -0.3 is 0 Å². The minimum Gasteiger partial charge on any atom is -0.276 e. The minimum absolute atomic E-state index is 0.118. The van der Waals surface area contributed by atoms with E-state index in [0.717, 1.165) is 0 Å². The van der Waals surface area contributed by atoms with Crippen LogP contribution in [0.5, 0.6) is 0 Å². The molecule has 0 aliphatic heterocycles. The first-order valence-electron chi connectivity index (χ1n) is 6.07. The van der Waals surface area contributed by atoms with Gasteiger partial charge in [-0.2, -0.15) is 13.2 Å². The Morgan fingerprint density at radius 1 is 0.800 bits per heavy atom. The molecule has 0 aliphatic carbocycles. The van der Waals surface area contributed by atoms with Crippen molar-refractivity contribution in [3.63, 3.8) is 0 Å². The zero-order chi connectivity index (χ0) is 19.2. The molecule has 2 rings (SSSR count). The van der Waals surface area contributed by atoms with Crippen molar-refractivity contribution in [2.24, 2.45) is 0 Å². The summed E-state index contributed by atoms with van der Waals surface area (Å²) in [4.78, 5) is -1.45. The van der Waals surface area contributed by atoms with Crippen LogP contribution in [-0.2, 0) is 16.2 Å². The molecule has 12 heteroatoms. The third-order valence-corrected chi connectivity index (χ3v) is 4.28. The summed E-state index contributed by atoms with van der Waals surface area (Å²) in [6, 6.07) is 0.132. The Hall–Kier alpha value is -2.37. The van der Waals surface area contributed by atoms with Crippen LogP contribution in [0.25, 0.3) is 0 Å². The number of rotatable bonds is 3. The highest BCUT2D eigenvalue weighted by atomic mass is 32.2. The predicted molar refractivity (Wildman–Crippen MR) is 68.5 cm³/mol. The Morgan fingerprint density at radius 3 is 1.96 bits per heavy atom. The minimum atomic E-state index is -5.24. The first kappa shape index (κ1) is 19.0. The molecular weight excluding hydrogens is 386 g/mol. The van der Waals surface area contributed by atoms with Gasteiger partial charge in [-0.15, -0.1) is 0 Å². The largest absolute Gasteiger partial charge is 0.419 e. The van der Waals surface area contributed by atoms with Gasteiger partial charge in [-0.3, -0.25) is 4.72 Å². The fourth-order valence-electron chi connectivity index (χ4n) is 1.76. The van der Waals surface area contributed by atoms with Crippen molar-refractivity contribution in [2.75, 3.05) is 4.72 Å². The van der Waals surface area contributed by atoms with E-state index in [1.54, 1.807) is 0 Å². The number of nitrogens with one attached hydrogen (secondary N) is 1. The van der Waals surface area contributed by atoms with Crippen LogP contribution < -0.4 is 4.72 Å². The van der Waals surface area contributed by atoms with Gasteiger partial charge in [0.1, 0.15) is 16.5 Å². The first-order chi connectivity index (χ1) is 11.3. The van der Waals surface area contributed by atoms with Crippen LogP contribution in [0.4, 0.5) is 40.8 Å². The average molecular weight is 391 g/mol. The molecular formula is C13H5F8NO2S. The third-order valence-electron chi connectivity index (χ3n) is 2.90. The molecule has 136 valence electrons. The molecule has 2 aromatic carbocycles. The molecule has 0 aliphatic rings. The second kappa shape index (κ2) is 6.17. The predicted octanol–water partition coefficient (Wildman–Crippen LogP) is 4.20. The second-order valence-corrected chi connectivity index (χ2v) is 6.24. The first-order valence-corrected chi connectivity index (χ1v) is 7.55. The molecule has 0 spiro atoms. The quantitative estimate of drug-likeness (QED) is 0.630. The maximum Gasteiger partial charge on any atom is 0.419 e. The van der Waals surface area contributed by atoms with Crippen LogP contribution >= 0.6 is 0 Å². The number of alkyl halides is 3. The molecule has 0 atom stereocenters. The summed E-state index contributed by atoms with van der Waals surface area (Å²) in [6.45, 7) is 0. The van der Waals surface area contributed by atoms with Crippen molar-refractivity contribution >= 4 is 15.7 Å². The molecule has 0 heterocycles. The summed E-state index contributed by atoms with van der Waals surface area (Å²) in [5, 5.41) is 0. The summed E-state index contributed by atoms with van der Waals surface area (Å²) in [6.07, 6.45) is -5.24. The molecule has 0 unspecified atom stereocenters. The lowest BCUT2D eigenvalue weighted by molar-refractivity contribution is -0.140. The van der Waals surface area contributed by atoms with Gasteiger partial charge in [-0.25, -0.2) is 30.4 Å². The standard InChI is InChI=1S/C13H5F8NO2S/c14-6-1-2-10(12(18)11(6)17)25(23,24)22-9-4-7(15)5(3-8(9)16)13(19,20)21/h1-4,22H. The van der Waals surface area contributed by atoms with E-state index in [1.165, 1.54) is 4.72 Å². The Labute approximate surface area is 134 Å². The lowest BCUT2D eigenvalue weighted by atomic mass is 10.2. The van der Waals surface area contributed by atoms with Crippen LogP contribution in [0, 0.1) is 29.1 Å². The Balaban J connectivity index is 2.49. The summed E-state index contributed by atoms with van der Waals surface area (Å²) in [5.74, 6) is -9.80. The number of sulfonamides is 1.